The number of aromatic nitrogens is 3. The van der Waals surface area contributed by atoms with Crippen LogP contribution in [-0.2, 0) is 0 Å². The van der Waals surface area contributed by atoms with Crippen molar-refractivity contribution in [2.75, 3.05) is 13.1 Å². The molecular weight excluding hydrogens is 272 g/mol. The fourth-order valence-corrected chi connectivity index (χ4v) is 2.30. The van der Waals surface area contributed by atoms with Crippen LogP contribution in [0.1, 0.15) is 28.2 Å². The Balaban J connectivity index is 1.62. The summed E-state index contributed by atoms with van der Waals surface area (Å²) in [6, 6.07) is 3.64. The Kier molecular flexibility index (Phi) is 3.55. The maximum atomic E-state index is 12.3. The van der Waals surface area contributed by atoms with Gasteiger partial charge < -0.3 is 14.2 Å². The second-order valence-electron chi connectivity index (χ2n) is 5.09. The first kappa shape index (κ1) is 13.5. The number of likely N-dealkylation sites (tertiary alicyclic amines) is 1. The van der Waals surface area contributed by atoms with Crippen molar-refractivity contribution in [1.29, 1.82) is 0 Å². The van der Waals surface area contributed by atoms with E-state index in [1.54, 1.807) is 17.9 Å². The molecule has 0 aliphatic carbocycles. The molecule has 0 radical (unpaired) electrons. The lowest BCUT2D eigenvalue weighted by molar-refractivity contribution is 0.0769. The molecular formula is C14H16N4O3. The molecule has 3 rings (SSSR count). The normalized spacial score (nSPS) is 18.0. The lowest BCUT2D eigenvalue weighted by Crippen LogP contribution is -2.31. The molecule has 110 valence electrons. The highest BCUT2D eigenvalue weighted by molar-refractivity contribution is 5.94. The average Bonchev–Trinajstić information content (AvgIpc) is 3.10. The molecule has 1 amide bonds. The van der Waals surface area contributed by atoms with Crippen LogP contribution in [0.15, 0.2) is 22.9 Å². The van der Waals surface area contributed by atoms with Crippen LogP contribution in [0.25, 0.3) is 0 Å². The minimum atomic E-state index is -0.0742. The fourth-order valence-electron chi connectivity index (χ4n) is 2.30. The van der Waals surface area contributed by atoms with Crippen molar-refractivity contribution in [2.24, 2.45) is 0 Å². The lowest BCUT2D eigenvalue weighted by atomic mass is 10.2. The number of carbonyl (C=O) groups excluding carboxylic acids is 1. The summed E-state index contributed by atoms with van der Waals surface area (Å²) in [5.41, 5.74) is 1.35. The summed E-state index contributed by atoms with van der Waals surface area (Å²) in [5.74, 6) is 0.949. The van der Waals surface area contributed by atoms with E-state index < -0.39 is 0 Å². The van der Waals surface area contributed by atoms with E-state index in [2.05, 4.69) is 15.4 Å². The molecule has 7 nitrogen and oxygen atoms in total. The van der Waals surface area contributed by atoms with E-state index in [0.29, 0.717) is 30.3 Å². The molecule has 0 saturated carbocycles. The summed E-state index contributed by atoms with van der Waals surface area (Å²) in [6.07, 6.45) is 2.16. The maximum Gasteiger partial charge on any atom is 0.259 e. The summed E-state index contributed by atoms with van der Waals surface area (Å²) in [6.45, 7) is 4.77. The monoisotopic (exact) mass is 288 g/mol. The molecule has 1 atom stereocenters. The van der Waals surface area contributed by atoms with Gasteiger partial charge in [0.05, 0.1) is 18.4 Å². The van der Waals surface area contributed by atoms with E-state index in [-0.39, 0.29) is 12.0 Å². The zero-order chi connectivity index (χ0) is 14.8. The molecule has 2 aromatic rings. The highest BCUT2D eigenvalue weighted by Gasteiger charge is 2.30. The van der Waals surface area contributed by atoms with Crippen LogP contribution in [0.4, 0.5) is 0 Å². The van der Waals surface area contributed by atoms with Gasteiger partial charge in [0.15, 0.2) is 0 Å². The maximum absolute atomic E-state index is 12.3. The van der Waals surface area contributed by atoms with Gasteiger partial charge in [-0.15, -0.1) is 5.10 Å². The molecule has 0 spiro atoms. The SMILES string of the molecule is Cc1ccc(O[C@H]2CCN(C(=O)c3cnoc3C)C2)nn1. The van der Waals surface area contributed by atoms with Crippen LogP contribution < -0.4 is 4.74 Å². The molecule has 3 heterocycles. The number of amides is 1. The third kappa shape index (κ3) is 2.86. The zero-order valence-electron chi connectivity index (χ0n) is 11.9. The van der Waals surface area contributed by atoms with Gasteiger partial charge in [-0.1, -0.05) is 5.16 Å². The topological polar surface area (TPSA) is 81.4 Å². The number of hydrogen-bond acceptors (Lipinski definition) is 6. The van der Waals surface area contributed by atoms with Gasteiger partial charge in [-0.2, -0.15) is 5.10 Å². The highest BCUT2D eigenvalue weighted by Crippen LogP contribution is 2.19. The Labute approximate surface area is 121 Å². The van der Waals surface area contributed by atoms with E-state index in [1.165, 1.54) is 6.20 Å². The summed E-state index contributed by atoms with van der Waals surface area (Å²) in [4.78, 5) is 14.1. The molecule has 7 heteroatoms. The van der Waals surface area contributed by atoms with Gasteiger partial charge >= 0.3 is 0 Å². The Bertz CT molecular complexity index is 638. The Morgan fingerprint density at radius 2 is 2.24 bits per heavy atom. The average molecular weight is 288 g/mol. The second-order valence-corrected chi connectivity index (χ2v) is 5.09. The van der Waals surface area contributed by atoms with E-state index in [0.717, 1.165) is 12.1 Å². The molecule has 0 N–H and O–H groups in total. The first-order chi connectivity index (χ1) is 10.1. The molecule has 21 heavy (non-hydrogen) atoms. The molecule has 1 aliphatic heterocycles. The largest absolute Gasteiger partial charge is 0.471 e. The van der Waals surface area contributed by atoms with E-state index >= 15 is 0 Å². The Morgan fingerprint density at radius 1 is 1.38 bits per heavy atom. The summed E-state index contributed by atoms with van der Waals surface area (Å²) in [7, 11) is 0. The van der Waals surface area contributed by atoms with Crippen molar-refractivity contribution in [3.63, 3.8) is 0 Å². The van der Waals surface area contributed by atoms with Crippen molar-refractivity contribution < 1.29 is 14.1 Å². The van der Waals surface area contributed by atoms with Gasteiger partial charge in [0.25, 0.3) is 5.91 Å². The molecule has 2 aromatic heterocycles. The lowest BCUT2D eigenvalue weighted by Gasteiger charge is -2.16. The summed E-state index contributed by atoms with van der Waals surface area (Å²) in [5, 5.41) is 11.6. The summed E-state index contributed by atoms with van der Waals surface area (Å²) >= 11 is 0. The quantitative estimate of drug-likeness (QED) is 0.848. The third-order valence-corrected chi connectivity index (χ3v) is 3.47. The van der Waals surface area contributed by atoms with Crippen LogP contribution >= 0.6 is 0 Å². The molecule has 0 bridgehead atoms. The van der Waals surface area contributed by atoms with Gasteiger partial charge in [0.2, 0.25) is 5.88 Å². The Morgan fingerprint density at radius 3 is 2.90 bits per heavy atom. The molecule has 1 aliphatic rings. The number of ether oxygens (including phenoxy) is 1. The van der Waals surface area contributed by atoms with Crippen LogP contribution in [0.2, 0.25) is 0 Å². The van der Waals surface area contributed by atoms with Crippen LogP contribution in [0, 0.1) is 13.8 Å². The van der Waals surface area contributed by atoms with Crippen LogP contribution in [0.3, 0.4) is 0 Å². The fraction of sp³-hybridized carbons (Fsp3) is 0.429. The van der Waals surface area contributed by atoms with Crippen LogP contribution in [0.5, 0.6) is 5.88 Å². The van der Waals surface area contributed by atoms with Gasteiger partial charge in [-0.05, 0) is 19.9 Å². The number of rotatable bonds is 3. The van der Waals surface area contributed by atoms with Crippen molar-refractivity contribution in [2.45, 2.75) is 26.4 Å². The summed E-state index contributed by atoms with van der Waals surface area (Å²) < 4.78 is 10.7. The van der Waals surface area contributed by atoms with Gasteiger partial charge in [-0.25, -0.2) is 0 Å². The van der Waals surface area contributed by atoms with Gasteiger partial charge in [0, 0.05) is 19.0 Å². The van der Waals surface area contributed by atoms with E-state index in [9.17, 15) is 4.79 Å². The first-order valence-electron chi connectivity index (χ1n) is 6.81. The second kappa shape index (κ2) is 5.51. The highest BCUT2D eigenvalue weighted by atomic mass is 16.5. The Hall–Kier alpha value is -2.44. The minimum Gasteiger partial charge on any atom is -0.471 e. The smallest absolute Gasteiger partial charge is 0.259 e. The molecule has 0 aromatic carbocycles. The van der Waals surface area contributed by atoms with E-state index in [1.807, 2.05) is 13.0 Å². The zero-order valence-corrected chi connectivity index (χ0v) is 11.9. The van der Waals surface area contributed by atoms with Crippen molar-refractivity contribution in [3.05, 3.63) is 35.3 Å². The van der Waals surface area contributed by atoms with Crippen LogP contribution in [-0.4, -0.2) is 45.4 Å². The number of aryl methyl sites for hydroxylation is 2. The van der Waals surface area contributed by atoms with E-state index in [4.69, 9.17) is 9.26 Å². The molecule has 1 fully saturated rings. The van der Waals surface area contributed by atoms with Crippen molar-refractivity contribution >= 4 is 5.91 Å². The number of nitrogens with zero attached hydrogens (tertiary/aromatic N) is 4. The number of hydrogen-bond donors (Lipinski definition) is 0. The first-order valence-corrected chi connectivity index (χ1v) is 6.81. The van der Waals surface area contributed by atoms with Crippen molar-refractivity contribution in [3.8, 4) is 5.88 Å². The molecule has 1 saturated heterocycles. The van der Waals surface area contributed by atoms with Gasteiger partial charge in [0.1, 0.15) is 17.4 Å². The molecule has 0 unspecified atom stereocenters. The predicted molar refractivity (Wildman–Crippen MR) is 72.9 cm³/mol. The standard InChI is InChI=1S/C14H16N4O3/c1-9-3-4-13(17-16-9)20-11-5-6-18(8-11)14(19)12-7-15-21-10(12)2/h3-4,7,11H,5-6,8H2,1-2H3/t11-/m0/s1. The number of carbonyl (C=O) groups is 1. The third-order valence-electron chi connectivity index (χ3n) is 3.47. The van der Waals surface area contributed by atoms with Crippen molar-refractivity contribution in [1.82, 2.24) is 20.3 Å². The minimum absolute atomic E-state index is 0.0638. The van der Waals surface area contributed by atoms with Gasteiger partial charge in [-0.3, -0.25) is 4.79 Å². The predicted octanol–water partition coefficient (Wildman–Crippen LogP) is 1.37.